The summed E-state index contributed by atoms with van der Waals surface area (Å²) in [5, 5.41) is 6.49. The smallest absolute Gasteiger partial charge is 0.387 e. The minimum absolute atomic E-state index is 0. The monoisotopic (exact) mass is 511 g/mol. The molecule has 0 spiro atoms. The molecule has 2 bridgehead atoms. The molecule has 158 valence electrons. The molecule has 3 aliphatic rings. The van der Waals surface area contributed by atoms with Crippen molar-refractivity contribution in [3.05, 3.63) is 23.8 Å². The highest BCUT2D eigenvalue weighted by molar-refractivity contribution is 14.0. The van der Waals surface area contributed by atoms with Gasteiger partial charge in [0.25, 0.3) is 0 Å². The lowest BCUT2D eigenvalue weighted by molar-refractivity contribution is -0.0504. The van der Waals surface area contributed by atoms with E-state index in [1.165, 1.54) is 13.2 Å². The number of nitrogens with one attached hydrogen (secondary N) is 2. The maximum Gasteiger partial charge on any atom is 0.387 e. The Morgan fingerprint density at radius 1 is 1.25 bits per heavy atom. The number of rotatable bonds is 7. The molecular weight excluding hydrogens is 483 g/mol. The molecule has 3 heterocycles. The van der Waals surface area contributed by atoms with Gasteiger partial charge in [0.2, 0.25) is 0 Å². The molecule has 0 aromatic heterocycles. The van der Waals surface area contributed by atoms with E-state index in [2.05, 4.69) is 30.2 Å². The van der Waals surface area contributed by atoms with E-state index in [1.807, 2.05) is 0 Å². The van der Waals surface area contributed by atoms with Crippen molar-refractivity contribution < 1.29 is 18.3 Å². The predicted octanol–water partition coefficient (Wildman–Crippen LogP) is 1.58. The van der Waals surface area contributed by atoms with E-state index in [9.17, 15) is 8.78 Å². The van der Waals surface area contributed by atoms with Crippen molar-refractivity contribution in [3.8, 4) is 11.5 Å². The highest BCUT2D eigenvalue weighted by Crippen LogP contribution is 2.25. The number of piperazine rings is 3. The molecule has 1 unspecified atom stereocenters. The largest absolute Gasteiger partial charge is 0.497 e. The standard InChI is InChI=1S/C18H27F2N5O2.HI/c1-21-18(23-11-14-12-24-5-7-25(14)8-6-24)22-10-13-9-15(26-2)3-4-16(13)27-17(19)20;/h3-4,9,14,17H,5-8,10-12H2,1-2H3,(H2,21,22,23);1H. The second kappa shape index (κ2) is 11.0. The first-order valence-corrected chi connectivity index (χ1v) is 9.11. The third-order valence-corrected chi connectivity index (χ3v) is 5.05. The third-order valence-electron chi connectivity index (χ3n) is 5.05. The lowest BCUT2D eigenvalue weighted by atomic mass is 10.1. The summed E-state index contributed by atoms with van der Waals surface area (Å²) in [5.41, 5.74) is 0.573. The zero-order valence-electron chi connectivity index (χ0n) is 16.2. The number of nitrogens with zero attached hydrogens (tertiary/aromatic N) is 3. The molecular formula is C18H28F2IN5O2. The Kier molecular flexibility index (Phi) is 8.96. The quantitative estimate of drug-likeness (QED) is 0.330. The van der Waals surface area contributed by atoms with Crippen LogP contribution in [0.1, 0.15) is 5.56 Å². The van der Waals surface area contributed by atoms with E-state index >= 15 is 0 Å². The molecule has 0 radical (unpaired) electrons. The van der Waals surface area contributed by atoms with Gasteiger partial charge in [-0.1, -0.05) is 0 Å². The zero-order chi connectivity index (χ0) is 19.2. The molecule has 4 rings (SSSR count). The number of aliphatic imine (C=N–C) groups is 1. The summed E-state index contributed by atoms with van der Waals surface area (Å²) < 4.78 is 35.0. The number of methoxy groups -OCH3 is 1. The zero-order valence-corrected chi connectivity index (χ0v) is 18.5. The van der Waals surface area contributed by atoms with Gasteiger partial charge >= 0.3 is 6.61 Å². The second-order valence-corrected chi connectivity index (χ2v) is 6.65. The van der Waals surface area contributed by atoms with E-state index in [4.69, 9.17) is 4.74 Å². The lowest BCUT2D eigenvalue weighted by Crippen LogP contribution is -2.63. The fourth-order valence-corrected chi connectivity index (χ4v) is 3.56. The minimum atomic E-state index is -2.87. The van der Waals surface area contributed by atoms with Gasteiger partial charge in [0.05, 0.1) is 7.11 Å². The second-order valence-electron chi connectivity index (χ2n) is 6.65. The van der Waals surface area contributed by atoms with Crippen LogP contribution in [-0.2, 0) is 6.54 Å². The Labute approximate surface area is 181 Å². The van der Waals surface area contributed by atoms with Crippen molar-refractivity contribution in [1.29, 1.82) is 0 Å². The average Bonchev–Trinajstić information content (AvgIpc) is 2.69. The summed E-state index contributed by atoms with van der Waals surface area (Å²) in [6.07, 6.45) is 0. The van der Waals surface area contributed by atoms with E-state index in [0.717, 1.165) is 39.3 Å². The molecule has 0 amide bonds. The van der Waals surface area contributed by atoms with Crippen molar-refractivity contribution in [2.24, 2.45) is 4.99 Å². The van der Waals surface area contributed by atoms with Crippen LogP contribution in [0.25, 0.3) is 0 Å². The van der Waals surface area contributed by atoms with Crippen LogP contribution < -0.4 is 20.1 Å². The summed E-state index contributed by atoms with van der Waals surface area (Å²) in [6, 6.07) is 5.21. The van der Waals surface area contributed by atoms with Gasteiger partial charge in [0.1, 0.15) is 11.5 Å². The fraction of sp³-hybridized carbons (Fsp3) is 0.611. The Hall–Kier alpha value is -1.40. The van der Waals surface area contributed by atoms with Gasteiger partial charge in [0.15, 0.2) is 5.96 Å². The van der Waals surface area contributed by atoms with Crippen molar-refractivity contribution in [3.63, 3.8) is 0 Å². The first-order chi connectivity index (χ1) is 13.1. The van der Waals surface area contributed by atoms with Crippen LogP contribution in [0.3, 0.4) is 0 Å². The van der Waals surface area contributed by atoms with Crippen molar-refractivity contribution in [2.75, 3.05) is 53.4 Å². The van der Waals surface area contributed by atoms with Crippen molar-refractivity contribution >= 4 is 29.9 Å². The average molecular weight is 511 g/mol. The molecule has 2 N–H and O–H groups in total. The number of benzene rings is 1. The molecule has 1 atom stereocenters. The number of hydrogen-bond acceptors (Lipinski definition) is 5. The van der Waals surface area contributed by atoms with E-state index in [1.54, 1.807) is 19.2 Å². The van der Waals surface area contributed by atoms with Crippen LogP contribution in [-0.4, -0.2) is 81.8 Å². The van der Waals surface area contributed by atoms with Crippen molar-refractivity contribution in [2.45, 2.75) is 19.2 Å². The predicted molar refractivity (Wildman–Crippen MR) is 115 cm³/mol. The maximum atomic E-state index is 12.6. The summed E-state index contributed by atoms with van der Waals surface area (Å²) in [4.78, 5) is 9.20. The first kappa shape index (κ1) is 22.9. The number of ether oxygens (including phenoxy) is 2. The molecule has 1 aromatic carbocycles. The molecule has 3 aliphatic heterocycles. The third kappa shape index (κ3) is 6.05. The van der Waals surface area contributed by atoms with Crippen LogP contribution in [0, 0.1) is 0 Å². The van der Waals surface area contributed by atoms with Crippen LogP contribution >= 0.6 is 24.0 Å². The highest BCUT2D eigenvalue weighted by atomic mass is 127. The Bertz CT molecular complexity index is 657. The summed E-state index contributed by atoms with van der Waals surface area (Å²) in [5.74, 6) is 1.33. The van der Waals surface area contributed by atoms with Gasteiger partial charge in [-0.3, -0.25) is 14.8 Å². The molecule has 0 saturated carbocycles. The molecule has 7 nitrogen and oxygen atoms in total. The van der Waals surface area contributed by atoms with Gasteiger partial charge in [-0.2, -0.15) is 8.78 Å². The fourth-order valence-electron chi connectivity index (χ4n) is 3.56. The van der Waals surface area contributed by atoms with Gasteiger partial charge in [-0.05, 0) is 18.2 Å². The van der Waals surface area contributed by atoms with Crippen LogP contribution in [0.2, 0.25) is 0 Å². The Morgan fingerprint density at radius 2 is 2.00 bits per heavy atom. The number of alkyl halides is 2. The summed E-state index contributed by atoms with van der Waals surface area (Å²) in [7, 11) is 3.22. The topological polar surface area (TPSA) is 61.4 Å². The summed E-state index contributed by atoms with van der Waals surface area (Å²) in [6.45, 7) is 3.77. The van der Waals surface area contributed by atoms with Crippen molar-refractivity contribution in [1.82, 2.24) is 20.4 Å². The first-order valence-electron chi connectivity index (χ1n) is 9.11. The van der Waals surface area contributed by atoms with Crippen LogP contribution in [0.15, 0.2) is 23.2 Å². The summed E-state index contributed by atoms with van der Waals surface area (Å²) >= 11 is 0. The number of halogens is 3. The van der Waals surface area contributed by atoms with Gasteiger partial charge < -0.3 is 20.1 Å². The molecule has 0 aliphatic carbocycles. The van der Waals surface area contributed by atoms with Gasteiger partial charge in [0, 0.05) is 64.5 Å². The molecule has 3 saturated heterocycles. The maximum absolute atomic E-state index is 12.6. The lowest BCUT2D eigenvalue weighted by Gasteiger charge is -2.47. The SMILES string of the molecule is CN=C(NCc1cc(OC)ccc1OC(F)F)NCC1CN2CCN1CC2.I. The van der Waals surface area contributed by atoms with Crippen LogP contribution in [0.4, 0.5) is 8.78 Å². The Balaban J connectivity index is 0.00000280. The van der Waals surface area contributed by atoms with Gasteiger partial charge in [-0.25, -0.2) is 0 Å². The van der Waals surface area contributed by atoms with E-state index < -0.39 is 6.61 Å². The molecule has 28 heavy (non-hydrogen) atoms. The van der Waals surface area contributed by atoms with Gasteiger partial charge in [-0.15, -0.1) is 24.0 Å². The molecule has 10 heteroatoms. The highest BCUT2D eigenvalue weighted by Gasteiger charge is 2.31. The molecule has 1 aromatic rings. The number of guanidine groups is 1. The number of fused-ring (bicyclic) bond motifs is 3. The molecule has 3 fully saturated rings. The minimum Gasteiger partial charge on any atom is -0.497 e. The van der Waals surface area contributed by atoms with E-state index in [0.29, 0.717) is 29.9 Å². The number of hydrogen-bond donors (Lipinski definition) is 2. The Morgan fingerprint density at radius 3 is 2.57 bits per heavy atom. The normalized spacial score (nSPS) is 23.9. The van der Waals surface area contributed by atoms with Crippen LogP contribution in [0.5, 0.6) is 11.5 Å². The van der Waals surface area contributed by atoms with E-state index in [-0.39, 0.29) is 29.7 Å².